The van der Waals surface area contributed by atoms with Gasteiger partial charge in [0.2, 0.25) is 11.8 Å². The van der Waals surface area contributed by atoms with Gasteiger partial charge < -0.3 is 26.6 Å². The molecule has 0 bridgehead atoms. The third-order valence-corrected chi connectivity index (χ3v) is 10.1. The van der Waals surface area contributed by atoms with Gasteiger partial charge in [-0.2, -0.15) is 0 Å². The Morgan fingerprint density at radius 2 is 1.44 bits per heavy atom. The molecule has 0 radical (unpaired) electrons. The van der Waals surface area contributed by atoms with E-state index in [0.717, 1.165) is 70.6 Å². The van der Waals surface area contributed by atoms with Gasteiger partial charge in [-0.1, -0.05) is 99.1 Å². The molecule has 0 heterocycles. The number of hydrogen-bond acceptors (Lipinski definition) is 7. The van der Waals surface area contributed by atoms with Crippen molar-refractivity contribution in [2.24, 2.45) is 23.5 Å². The Morgan fingerprint density at radius 1 is 0.812 bits per heavy atom. The number of rotatable bonds is 27. The second kappa shape index (κ2) is 24.5. The first-order valence-corrected chi connectivity index (χ1v) is 19.1. The lowest BCUT2D eigenvalue weighted by atomic mass is 9.83. The number of nitrogens with zero attached hydrogens (tertiary/aromatic N) is 1. The van der Waals surface area contributed by atoms with E-state index in [-0.39, 0.29) is 47.3 Å². The van der Waals surface area contributed by atoms with Gasteiger partial charge in [0.05, 0.1) is 23.8 Å². The Bertz CT molecular complexity index is 1010. The second-order valence-corrected chi connectivity index (χ2v) is 14.2. The predicted octanol–water partition coefficient (Wildman–Crippen LogP) is 6.56. The predicted molar refractivity (Wildman–Crippen MR) is 198 cm³/mol. The van der Waals surface area contributed by atoms with Crippen molar-refractivity contribution in [2.75, 3.05) is 19.6 Å². The molecule has 0 aromatic heterocycles. The van der Waals surface area contributed by atoms with E-state index in [1.54, 1.807) is 6.92 Å². The molecule has 1 fully saturated rings. The summed E-state index contributed by atoms with van der Waals surface area (Å²) >= 11 is 0. The highest BCUT2D eigenvalue weighted by atomic mass is 16.2. The lowest BCUT2D eigenvalue weighted by Gasteiger charge is -2.38. The molecule has 1 aliphatic rings. The third-order valence-electron chi connectivity index (χ3n) is 10.1. The number of unbranched alkanes of at least 4 members (excludes halogenated alkanes) is 3. The van der Waals surface area contributed by atoms with Crippen LogP contribution in [0.15, 0.2) is 24.6 Å². The molecule has 9 heteroatoms. The minimum atomic E-state index is -0.640. The third kappa shape index (κ3) is 15.7. The Kier molecular flexibility index (Phi) is 22.1. The SMILES string of the molecule is C=C(NC(CC)C(C)=O)C(CC)N(CCCC)C(=C)C(=O)C(CC1CCCCC1)NC(=O)C(C)CCCCNC(=O)C(C)CCCCN. The van der Waals surface area contributed by atoms with E-state index in [9.17, 15) is 19.2 Å². The van der Waals surface area contributed by atoms with Crippen LogP contribution in [0, 0.1) is 17.8 Å². The van der Waals surface area contributed by atoms with Crippen molar-refractivity contribution in [2.45, 2.75) is 162 Å². The van der Waals surface area contributed by atoms with Crippen LogP contribution < -0.4 is 21.7 Å². The average Bonchev–Trinajstić information content (AvgIpc) is 3.07. The Balaban J connectivity index is 2.96. The lowest BCUT2D eigenvalue weighted by Crippen LogP contribution is -2.50. The van der Waals surface area contributed by atoms with Crippen LogP contribution in [0.5, 0.6) is 0 Å². The fraction of sp³-hybridized carbons (Fsp3) is 0.795. The zero-order valence-corrected chi connectivity index (χ0v) is 31.5. The monoisotopic (exact) mass is 674 g/mol. The first kappa shape index (κ1) is 43.3. The van der Waals surface area contributed by atoms with E-state index >= 15 is 0 Å². The quantitative estimate of drug-likeness (QED) is 0.0573. The topological polar surface area (TPSA) is 134 Å². The molecular formula is C39H71N5O4. The summed E-state index contributed by atoms with van der Waals surface area (Å²) in [5.41, 5.74) is 6.67. The molecule has 0 aromatic rings. The minimum absolute atomic E-state index is 0.0247. The molecule has 1 rings (SSSR count). The van der Waals surface area contributed by atoms with E-state index in [1.807, 2.05) is 25.7 Å². The van der Waals surface area contributed by atoms with Crippen molar-refractivity contribution in [1.29, 1.82) is 0 Å². The molecule has 2 amide bonds. The zero-order valence-electron chi connectivity index (χ0n) is 31.5. The van der Waals surface area contributed by atoms with Gasteiger partial charge in [0, 0.05) is 30.6 Å². The van der Waals surface area contributed by atoms with Crippen molar-refractivity contribution < 1.29 is 19.2 Å². The molecule has 0 aliphatic heterocycles. The van der Waals surface area contributed by atoms with E-state index in [1.165, 1.54) is 6.42 Å². The van der Waals surface area contributed by atoms with E-state index in [4.69, 9.17) is 5.73 Å². The highest BCUT2D eigenvalue weighted by Gasteiger charge is 2.33. The number of amides is 2. The number of ketones is 2. The summed E-state index contributed by atoms with van der Waals surface area (Å²) in [4.78, 5) is 54.4. The van der Waals surface area contributed by atoms with E-state index in [2.05, 4.69) is 43.0 Å². The van der Waals surface area contributed by atoms with Gasteiger partial charge in [-0.05, 0) is 70.8 Å². The van der Waals surface area contributed by atoms with Gasteiger partial charge in [0.15, 0.2) is 11.6 Å². The number of carbonyl (C=O) groups excluding carboxylic acids is 4. The van der Waals surface area contributed by atoms with Gasteiger partial charge in [-0.3, -0.25) is 19.2 Å². The maximum Gasteiger partial charge on any atom is 0.223 e. The fourth-order valence-corrected chi connectivity index (χ4v) is 6.74. The van der Waals surface area contributed by atoms with Crippen LogP contribution in [-0.2, 0) is 19.2 Å². The van der Waals surface area contributed by atoms with Gasteiger partial charge >= 0.3 is 0 Å². The smallest absolute Gasteiger partial charge is 0.223 e. The molecule has 1 saturated carbocycles. The van der Waals surface area contributed by atoms with Crippen LogP contribution in [0.2, 0.25) is 0 Å². The van der Waals surface area contributed by atoms with Gasteiger partial charge in [0.25, 0.3) is 0 Å². The number of nitrogens with two attached hydrogens (primary N) is 1. The molecule has 5 unspecified atom stereocenters. The van der Waals surface area contributed by atoms with Gasteiger partial charge in [0.1, 0.15) is 0 Å². The molecule has 0 aromatic carbocycles. The molecule has 48 heavy (non-hydrogen) atoms. The number of hydrogen-bond donors (Lipinski definition) is 4. The average molecular weight is 674 g/mol. The fourth-order valence-electron chi connectivity index (χ4n) is 6.74. The van der Waals surface area contributed by atoms with Crippen molar-refractivity contribution in [3.05, 3.63) is 24.6 Å². The highest BCUT2D eigenvalue weighted by molar-refractivity contribution is 6.00. The van der Waals surface area contributed by atoms with Crippen molar-refractivity contribution in [3.8, 4) is 0 Å². The number of carbonyl (C=O) groups is 4. The Hall–Kier alpha value is -2.68. The van der Waals surface area contributed by atoms with Crippen molar-refractivity contribution in [3.63, 3.8) is 0 Å². The molecule has 1 aliphatic carbocycles. The van der Waals surface area contributed by atoms with Gasteiger partial charge in [-0.15, -0.1) is 0 Å². The number of Topliss-reactive ketones (excluding diaryl/α,β-unsaturated/α-hetero) is 2. The maximum atomic E-state index is 14.3. The van der Waals surface area contributed by atoms with E-state index < -0.39 is 6.04 Å². The summed E-state index contributed by atoms with van der Waals surface area (Å²) < 4.78 is 0. The maximum absolute atomic E-state index is 14.3. The van der Waals surface area contributed by atoms with Crippen LogP contribution in [0.25, 0.3) is 0 Å². The summed E-state index contributed by atoms with van der Waals surface area (Å²) in [5, 5.41) is 9.51. The van der Waals surface area contributed by atoms with Crippen LogP contribution in [0.3, 0.4) is 0 Å². The summed E-state index contributed by atoms with van der Waals surface area (Å²) in [7, 11) is 0. The van der Waals surface area contributed by atoms with Crippen molar-refractivity contribution in [1.82, 2.24) is 20.9 Å². The van der Waals surface area contributed by atoms with Crippen molar-refractivity contribution >= 4 is 23.4 Å². The second-order valence-electron chi connectivity index (χ2n) is 14.2. The highest BCUT2D eigenvalue weighted by Crippen LogP contribution is 2.29. The normalized spacial score (nSPS) is 16.6. The molecule has 5 N–H and O–H groups in total. The largest absolute Gasteiger partial charge is 0.377 e. The molecule has 276 valence electrons. The molecule has 9 nitrogen and oxygen atoms in total. The first-order valence-electron chi connectivity index (χ1n) is 19.1. The first-order chi connectivity index (χ1) is 22.9. The molecule has 5 atom stereocenters. The van der Waals surface area contributed by atoms with Crippen LogP contribution in [0.1, 0.15) is 144 Å². The molecule has 0 spiro atoms. The number of nitrogens with one attached hydrogen (secondary N) is 3. The van der Waals surface area contributed by atoms with E-state index in [0.29, 0.717) is 62.6 Å². The summed E-state index contributed by atoms with van der Waals surface area (Å²) in [6.07, 6.45) is 14.5. The van der Waals surface area contributed by atoms with Gasteiger partial charge in [-0.25, -0.2) is 0 Å². The van der Waals surface area contributed by atoms with Crippen LogP contribution >= 0.6 is 0 Å². The zero-order chi connectivity index (χ0) is 36.1. The molecular weight excluding hydrogens is 602 g/mol. The standard InChI is InChI=1S/C39H71N5O4/c1-9-12-26-44(36(11-3)30(6)42-34(10-2)32(8)45)31(7)37(46)35(27-33-22-14-13-15-23-33)43-39(48)29(5)21-17-19-25-41-38(47)28(4)20-16-18-24-40/h28-29,33-36,42H,6-7,9-27,40H2,1-5,8H3,(H,41,47)(H,43,48). The minimum Gasteiger partial charge on any atom is -0.377 e. The Labute approximate surface area is 293 Å². The molecule has 0 saturated heterocycles. The van der Waals surface area contributed by atoms with Crippen LogP contribution in [0.4, 0.5) is 0 Å². The lowest BCUT2D eigenvalue weighted by molar-refractivity contribution is -0.129. The summed E-state index contributed by atoms with van der Waals surface area (Å²) in [5.74, 6) is -0.00773. The summed E-state index contributed by atoms with van der Waals surface area (Å²) in [6, 6.07) is -1.17. The Morgan fingerprint density at radius 3 is 2.00 bits per heavy atom. The van der Waals surface area contributed by atoms with Crippen LogP contribution in [-0.4, -0.2) is 66.0 Å². The summed E-state index contributed by atoms with van der Waals surface area (Å²) in [6.45, 7) is 22.1.